The first-order valence-electron chi connectivity index (χ1n) is 13.7. The number of nitrogens with zero attached hydrogens (tertiary/aromatic N) is 2. The van der Waals surface area contributed by atoms with Gasteiger partial charge in [-0.3, -0.25) is 14.4 Å². The van der Waals surface area contributed by atoms with Crippen molar-refractivity contribution in [1.29, 1.82) is 0 Å². The number of morpholine rings is 1. The van der Waals surface area contributed by atoms with Crippen molar-refractivity contribution >= 4 is 27.3 Å². The van der Waals surface area contributed by atoms with Crippen LogP contribution in [-0.2, 0) is 14.8 Å². The summed E-state index contributed by atoms with van der Waals surface area (Å²) in [5, 5.41) is 3.07. The zero-order valence-electron chi connectivity index (χ0n) is 23.2. The van der Waals surface area contributed by atoms with Gasteiger partial charge < -0.3 is 15.0 Å². The van der Waals surface area contributed by atoms with Crippen LogP contribution in [0.25, 0.3) is 0 Å². The molecule has 4 rings (SSSR count). The Kier molecular flexibility index (Phi) is 9.33. The Balaban J connectivity index is 1.53. The number of carbonyl (C=O) groups excluding carboxylic acids is 1. The third kappa shape index (κ3) is 7.07. The van der Waals surface area contributed by atoms with Gasteiger partial charge in [0.2, 0.25) is 0 Å². The number of rotatable bonds is 9. The van der Waals surface area contributed by atoms with Crippen LogP contribution in [-0.4, -0.2) is 71.7 Å². The summed E-state index contributed by atoms with van der Waals surface area (Å²) in [6.45, 7) is 14.4. The van der Waals surface area contributed by atoms with E-state index in [4.69, 9.17) is 4.74 Å². The molecule has 0 aliphatic carbocycles. The zero-order valence-corrected chi connectivity index (χ0v) is 24.0. The van der Waals surface area contributed by atoms with E-state index in [9.17, 15) is 13.2 Å². The number of hydrogen-bond acceptors (Lipinski definition) is 6. The number of nitrogens with one attached hydrogen (secondary N) is 2. The lowest BCUT2D eigenvalue weighted by Crippen LogP contribution is -2.38. The van der Waals surface area contributed by atoms with Crippen LogP contribution < -0.4 is 14.9 Å². The van der Waals surface area contributed by atoms with Crippen molar-refractivity contribution in [3.63, 3.8) is 0 Å². The Labute approximate surface area is 227 Å². The molecular weight excluding hydrogens is 500 g/mol. The second-order valence-corrected chi connectivity index (χ2v) is 12.4. The predicted molar refractivity (Wildman–Crippen MR) is 153 cm³/mol. The molecule has 208 valence electrons. The van der Waals surface area contributed by atoms with Gasteiger partial charge in [0, 0.05) is 44.1 Å². The van der Waals surface area contributed by atoms with Gasteiger partial charge in [0.25, 0.3) is 15.9 Å². The molecule has 8 nitrogen and oxygen atoms in total. The van der Waals surface area contributed by atoms with Gasteiger partial charge in [0.05, 0.1) is 23.7 Å². The number of carbonyl (C=O) groups is 1. The van der Waals surface area contributed by atoms with Crippen molar-refractivity contribution in [3.8, 4) is 0 Å². The van der Waals surface area contributed by atoms with Crippen molar-refractivity contribution in [3.05, 3.63) is 52.6 Å². The molecule has 0 radical (unpaired) electrons. The normalized spacial score (nSPS) is 17.4. The lowest BCUT2D eigenvalue weighted by molar-refractivity contribution is 0.0374. The number of hydrogen-bond donors (Lipinski definition) is 2. The van der Waals surface area contributed by atoms with Gasteiger partial charge in [-0.2, -0.15) is 0 Å². The predicted octanol–water partition coefficient (Wildman–Crippen LogP) is 4.10. The number of amides is 1. The minimum atomic E-state index is -3.82. The summed E-state index contributed by atoms with van der Waals surface area (Å²) in [7, 11) is -3.82. The molecule has 0 saturated carbocycles. The van der Waals surface area contributed by atoms with Crippen LogP contribution in [0.1, 0.15) is 53.2 Å². The Morgan fingerprint density at radius 2 is 1.66 bits per heavy atom. The fourth-order valence-electron chi connectivity index (χ4n) is 5.53. The third-order valence-electron chi connectivity index (χ3n) is 7.53. The molecule has 2 aromatic rings. The highest BCUT2D eigenvalue weighted by atomic mass is 32.2. The van der Waals surface area contributed by atoms with Crippen LogP contribution in [0.2, 0.25) is 0 Å². The van der Waals surface area contributed by atoms with Crippen LogP contribution in [0.15, 0.2) is 35.2 Å². The van der Waals surface area contributed by atoms with E-state index >= 15 is 0 Å². The summed E-state index contributed by atoms with van der Waals surface area (Å²) >= 11 is 0. The number of piperidine rings is 1. The number of anilines is 2. The largest absolute Gasteiger partial charge is 0.379 e. The fourth-order valence-corrected chi connectivity index (χ4v) is 7.03. The molecule has 2 fully saturated rings. The highest BCUT2D eigenvalue weighted by Crippen LogP contribution is 2.30. The van der Waals surface area contributed by atoms with Crippen LogP contribution in [0.5, 0.6) is 0 Å². The Morgan fingerprint density at radius 1 is 1.00 bits per heavy atom. The Hall–Kier alpha value is -2.62. The summed E-state index contributed by atoms with van der Waals surface area (Å²) in [5.74, 6) is 0.486. The van der Waals surface area contributed by atoms with Gasteiger partial charge in [0.15, 0.2) is 0 Å². The van der Waals surface area contributed by atoms with E-state index < -0.39 is 10.0 Å². The smallest absolute Gasteiger partial charge is 0.262 e. The molecule has 0 aromatic heterocycles. The summed E-state index contributed by atoms with van der Waals surface area (Å²) in [6.07, 6.45) is 2.99. The van der Waals surface area contributed by atoms with Gasteiger partial charge in [-0.25, -0.2) is 8.42 Å². The molecule has 2 saturated heterocycles. The van der Waals surface area contributed by atoms with E-state index in [-0.39, 0.29) is 10.8 Å². The van der Waals surface area contributed by atoms with Gasteiger partial charge in [-0.1, -0.05) is 24.6 Å². The molecular formula is C29H42N4O4S. The first-order chi connectivity index (χ1) is 18.1. The van der Waals surface area contributed by atoms with E-state index in [1.54, 1.807) is 12.1 Å². The SMILES string of the molecule is Cc1cc(C)c(S(=O)(=O)Nc2ccc(N3CCC(C)CC3)c(C(=O)NCCCN3CCOCC3)c2)c(C)c1. The molecule has 2 N–H and O–H groups in total. The molecule has 0 bridgehead atoms. The van der Waals surface area contributed by atoms with Crippen LogP contribution >= 0.6 is 0 Å². The summed E-state index contributed by atoms with van der Waals surface area (Å²) in [5.41, 5.74) is 4.17. The maximum Gasteiger partial charge on any atom is 0.262 e. The minimum Gasteiger partial charge on any atom is -0.379 e. The molecule has 2 heterocycles. The molecule has 1 amide bonds. The number of ether oxygens (including phenoxy) is 1. The molecule has 2 aliphatic heterocycles. The lowest BCUT2D eigenvalue weighted by atomic mass is 9.98. The number of aryl methyl sites for hydroxylation is 3. The van der Waals surface area contributed by atoms with E-state index in [1.807, 2.05) is 39.0 Å². The van der Waals surface area contributed by atoms with Gasteiger partial charge in [-0.05, 0) is 81.8 Å². The molecule has 0 atom stereocenters. The molecule has 9 heteroatoms. The quantitative estimate of drug-likeness (QED) is 0.464. The zero-order chi connectivity index (χ0) is 27.3. The van der Waals surface area contributed by atoms with Crippen LogP contribution in [0.3, 0.4) is 0 Å². The summed E-state index contributed by atoms with van der Waals surface area (Å²) in [4.78, 5) is 18.3. The molecule has 38 heavy (non-hydrogen) atoms. The molecule has 0 unspecified atom stereocenters. The van der Waals surface area contributed by atoms with Crippen molar-refractivity contribution in [2.45, 2.75) is 51.9 Å². The first-order valence-corrected chi connectivity index (χ1v) is 15.2. The van der Waals surface area contributed by atoms with E-state index in [2.05, 4.69) is 26.8 Å². The monoisotopic (exact) mass is 542 g/mol. The van der Waals surface area contributed by atoms with Crippen molar-refractivity contribution in [2.75, 3.05) is 62.1 Å². The maximum absolute atomic E-state index is 13.4. The molecule has 0 spiro atoms. The lowest BCUT2D eigenvalue weighted by Gasteiger charge is -2.33. The average Bonchev–Trinajstić information content (AvgIpc) is 2.86. The first kappa shape index (κ1) is 28.4. The Bertz CT molecular complexity index is 1210. The number of benzene rings is 2. The highest BCUT2D eigenvalue weighted by molar-refractivity contribution is 7.92. The van der Waals surface area contributed by atoms with Crippen LogP contribution in [0.4, 0.5) is 11.4 Å². The van der Waals surface area contributed by atoms with Crippen LogP contribution in [0, 0.1) is 26.7 Å². The van der Waals surface area contributed by atoms with E-state index in [0.717, 1.165) is 76.5 Å². The van der Waals surface area contributed by atoms with Gasteiger partial charge in [-0.15, -0.1) is 0 Å². The van der Waals surface area contributed by atoms with Crippen molar-refractivity contribution in [1.82, 2.24) is 10.2 Å². The fraction of sp³-hybridized carbons (Fsp3) is 0.552. The van der Waals surface area contributed by atoms with Gasteiger partial charge >= 0.3 is 0 Å². The second-order valence-electron chi connectivity index (χ2n) is 10.8. The van der Waals surface area contributed by atoms with Crippen molar-refractivity contribution < 1.29 is 17.9 Å². The van der Waals surface area contributed by atoms with Crippen molar-refractivity contribution in [2.24, 2.45) is 5.92 Å². The van der Waals surface area contributed by atoms with E-state index in [0.29, 0.717) is 34.8 Å². The molecule has 2 aliphatic rings. The number of sulfonamides is 1. The van der Waals surface area contributed by atoms with E-state index in [1.165, 1.54) is 0 Å². The second kappa shape index (κ2) is 12.5. The average molecular weight is 543 g/mol. The third-order valence-corrected chi connectivity index (χ3v) is 9.22. The minimum absolute atomic E-state index is 0.177. The Morgan fingerprint density at radius 3 is 2.32 bits per heavy atom. The topological polar surface area (TPSA) is 91.0 Å². The van der Waals surface area contributed by atoms with Gasteiger partial charge in [0.1, 0.15) is 0 Å². The standard InChI is InChI=1S/C29H42N4O4S/c1-21-8-12-33(13-9-21)27-7-6-25(31-38(35,36)28-23(3)18-22(2)19-24(28)4)20-26(27)29(34)30-10-5-11-32-14-16-37-17-15-32/h6-7,18-21,31H,5,8-17H2,1-4H3,(H,30,34). The molecule has 2 aromatic carbocycles. The summed E-state index contributed by atoms with van der Waals surface area (Å²) < 4.78 is 34.9. The summed E-state index contributed by atoms with van der Waals surface area (Å²) in [6, 6.07) is 9.07. The highest BCUT2D eigenvalue weighted by Gasteiger charge is 2.24. The maximum atomic E-state index is 13.4.